The highest BCUT2D eigenvalue weighted by atomic mass is 19.1. The molecule has 2 heterocycles. The second-order valence-electron chi connectivity index (χ2n) is 6.95. The summed E-state index contributed by atoms with van der Waals surface area (Å²) < 4.78 is 13.7. The van der Waals surface area contributed by atoms with Gasteiger partial charge < -0.3 is 10.2 Å². The van der Waals surface area contributed by atoms with Gasteiger partial charge in [0.15, 0.2) is 0 Å². The predicted octanol–water partition coefficient (Wildman–Crippen LogP) is 4.42. The molecule has 0 saturated carbocycles. The summed E-state index contributed by atoms with van der Waals surface area (Å²) in [5.74, 6) is 0.451. The maximum Gasteiger partial charge on any atom is 0.251 e. The third-order valence-electron chi connectivity index (χ3n) is 5.03. The molecule has 28 heavy (non-hydrogen) atoms. The molecule has 0 unspecified atom stereocenters. The Hall–Kier alpha value is -3.21. The van der Waals surface area contributed by atoms with Crippen LogP contribution in [-0.2, 0) is 6.54 Å². The molecule has 0 bridgehead atoms. The number of carbonyl (C=O) groups is 1. The van der Waals surface area contributed by atoms with Crippen LogP contribution in [0.1, 0.15) is 28.8 Å². The molecule has 1 aliphatic heterocycles. The van der Waals surface area contributed by atoms with Gasteiger partial charge in [-0.2, -0.15) is 0 Å². The summed E-state index contributed by atoms with van der Waals surface area (Å²) in [6, 6.07) is 17.9. The van der Waals surface area contributed by atoms with Gasteiger partial charge in [-0.3, -0.25) is 4.79 Å². The van der Waals surface area contributed by atoms with E-state index in [1.807, 2.05) is 36.5 Å². The molecule has 1 fully saturated rings. The summed E-state index contributed by atoms with van der Waals surface area (Å²) in [6.45, 7) is 2.27. The molecular formula is C23H22FN3O. The number of halogens is 1. The smallest absolute Gasteiger partial charge is 0.251 e. The average Bonchev–Trinajstić information content (AvgIpc) is 3.28. The van der Waals surface area contributed by atoms with Gasteiger partial charge >= 0.3 is 0 Å². The number of hydrogen-bond donors (Lipinski definition) is 1. The van der Waals surface area contributed by atoms with Crippen LogP contribution in [0.15, 0.2) is 66.9 Å². The normalized spacial score (nSPS) is 13.5. The molecule has 142 valence electrons. The fourth-order valence-electron chi connectivity index (χ4n) is 3.45. The minimum absolute atomic E-state index is 0.155. The van der Waals surface area contributed by atoms with Gasteiger partial charge in [0.1, 0.15) is 11.6 Å². The van der Waals surface area contributed by atoms with Crippen LogP contribution >= 0.6 is 0 Å². The molecule has 1 amide bonds. The predicted molar refractivity (Wildman–Crippen MR) is 109 cm³/mol. The number of nitrogens with zero attached hydrogens (tertiary/aromatic N) is 2. The van der Waals surface area contributed by atoms with Crippen molar-refractivity contribution in [2.45, 2.75) is 19.4 Å². The van der Waals surface area contributed by atoms with Gasteiger partial charge in [-0.15, -0.1) is 0 Å². The topological polar surface area (TPSA) is 45.2 Å². The molecule has 5 heteroatoms. The van der Waals surface area contributed by atoms with Crippen molar-refractivity contribution in [3.8, 4) is 11.1 Å². The first-order chi connectivity index (χ1) is 13.7. The lowest BCUT2D eigenvalue weighted by molar-refractivity contribution is 0.0950. The fourth-order valence-corrected chi connectivity index (χ4v) is 3.45. The van der Waals surface area contributed by atoms with E-state index < -0.39 is 0 Å². The Bertz CT molecular complexity index is 966. The van der Waals surface area contributed by atoms with E-state index in [9.17, 15) is 9.18 Å². The summed E-state index contributed by atoms with van der Waals surface area (Å²) in [4.78, 5) is 19.4. The van der Waals surface area contributed by atoms with Crippen molar-refractivity contribution in [2.24, 2.45) is 0 Å². The van der Waals surface area contributed by atoms with E-state index in [1.54, 1.807) is 24.3 Å². The molecule has 1 aliphatic rings. The summed E-state index contributed by atoms with van der Waals surface area (Å²) in [7, 11) is 0. The first-order valence-electron chi connectivity index (χ1n) is 9.54. The largest absolute Gasteiger partial charge is 0.357 e. The zero-order chi connectivity index (χ0) is 19.3. The first kappa shape index (κ1) is 18.2. The number of amides is 1. The van der Waals surface area contributed by atoms with Gasteiger partial charge in [0.05, 0.1) is 0 Å². The molecule has 1 saturated heterocycles. The Morgan fingerprint density at radius 3 is 2.57 bits per heavy atom. The van der Waals surface area contributed by atoms with Crippen LogP contribution in [0.3, 0.4) is 0 Å². The minimum atomic E-state index is -0.319. The second kappa shape index (κ2) is 8.21. The van der Waals surface area contributed by atoms with E-state index in [-0.39, 0.29) is 18.3 Å². The van der Waals surface area contributed by atoms with E-state index in [0.717, 1.165) is 30.0 Å². The van der Waals surface area contributed by atoms with Crippen molar-refractivity contribution < 1.29 is 9.18 Å². The Labute approximate surface area is 164 Å². The van der Waals surface area contributed by atoms with Crippen LogP contribution in [0.2, 0.25) is 0 Å². The monoisotopic (exact) mass is 375 g/mol. The molecule has 4 nitrogen and oxygen atoms in total. The number of benzene rings is 2. The van der Waals surface area contributed by atoms with Crippen molar-refractivity contribution in [1.29, 1.82) is 0 Å². The maximum absolute atomic E-state index is 13.7. The summed E-state index contributed by atoms with van der Waals surface area (Å²) >= 11 is 0. The number of hydrogen-bond acceptors (Lipinski definition) is 3. The van der Waals surface area contributed by atoms with Crippen LogP contribution in [0.25, 0.3) is 11.1 Å². The highest BCUT2D eigenvalue weighted by Crippen LogP contribution is 2.24. The number of anilines is 1. The van der Waals surface area contributed by atoms with Gasteiger partial charge in [-0.25, -0.2) is 9.37 Å². The Kier molecular flexibility index (Phi) is 5.33. The number of pyridine rings is 1. The SMILES string of the molecule is O=C(NCc1ccccc1F)c1cccc(-c2ccc(N3CCCC3)nc2)c1. The second-order valence-corrected chi connectivity index (χ2v) is 6.95. The molecule has 0 atom stereocenters. The molecule has 1 aromatic heterocycles. The van der Waals surface area contributed by atoms with Crippen molar-refractivity contribution in [1.82, 2.24) is 10.3 Å². The van der Waals surface area contributed by atoms with E-state index in [1.165, 1.54) is 18.9 Å². The lowest BCUT2D eigenvalue weighted by Gasteiger charge is -2.16. The first-order valence-corrected chi connectivity index (χ1v) is 9.54. The van der Waals surface area contributed by atoms with Crippen LogP contribution in [0.4, 0.5) is 10.2 Å². The molecule has 0 spiro atoms. The molecule has 1 N–H and O–H groups in total. The third-order valence-corrected chi connectivity index (χ3v) is 5.03. The summed E-state index contributed by atoms with van der Waals surface area (Å²) in [5.41, 5.74) is 2.90. The van der Waals surface area contributed by atoms with Gasteiger partial charge in [0, 0.05) is 42.5 Å². The van der Waals surface area contributed by atoms with Gasteiger partial charge in [0.25, 0.3) is 5.91 Å². The number of rotatable bonds is 5. The Morgan fingerprint density at radius 2 is 1.82 bits per heavy atom. The molecule has 3 aromatic rings. The van der Waals surface area contributed by atoms with Crippen LogP contribution in [0.5, 0.6) is 0 Å². The molecule has 0 radical (unpaired) electrons. The van der Waals surface area contributed by atoms with Crippen molar-refractivity contribution in [3.63, 3.8) is 0 Å². The lowest BCUT2D eigenvalue weighted by atomic mass is 10.0. The molecule has 4 rings (SSSR count). The highest BCUT2D eigenvalue weighted by molar-refractivity contribution is 5.95. The van der Waals surface area contributed by atoms with Gasteiger partial charge in [0.2, 0.25) is 0 Å². The van der Waals surface area contributed by atoms with Crippen LogP contribution in [0, 0.1) is 5.82 Å². The minimum Gasteiger partial charge on any atom is -0.357 e. The van der Waals surface area contributed by atoms with Crippen molar-refractivity contribution >= 4 is 11.7 Å². The van der Waals surface area contributed by atoms with Crippen molar-refractivity contribution in [2.75, 3.05) is 18.0 Å². The summed E-state index contributed by atoms with van der Waals surface area (Å²) in [6.07, 6.45) is 4.28. The lowest BCUT2D eigenvalue weighted by Crippen LogP contribution is -2.23. The highest BCUT2D eigenvalue weighted by Gasteiger charge is 2.14. The standard InChI is InChI=1S/C23H22FN3O/c24-21-9-2-1-6-20(21)16-26-23(28)18-8-5-7-17(14-18)19-10-11-22(25-15-19)27-12-3-4-13-27/h1-2,5-11,14-15H,3-4,12-13,16H2,(H,26,28). The van der Waals surface area contributed by atoms with E-state index in [0.29, 0.717) is 11.1 Å². The molecular weight excluding hydrogens is 353 g/mol. The Morgan fingerprint density at radius 1 is 1.00 bits per heavy atom. The number of carbonyl (C=O) groups excluding carboxylic acids is 1. The summed E-state index contributed by atoms with van der Waals surface area (Å²) in [5, 5.41) is 2.78. The third kappa shape index (κ3) is 4.03. The maximum atomic E-state index is 13.7. The Balaban J connectivity index is 1.46. The van der Waals surface area contributed by atoms with E-state index in [2.05, 4.69) is 15.2 Å². The van der Waals surface area contributed by atoms with E-state index >= 15 is 0 Å². The zero-order valence-electron chi connectivity index (χ0n) is 15.6. The number of aromatic nitrogens is 1. The zero-order valence-corrected chi connectivity index (χ0v) is 15.6. The van der Waals surface area contributed by atoms with Crippen LogP contribution < -0.4 is 10.2 Å². The van der Waals surface area contributed by atoms with E-state index in [4.69, 9.17) is 0 Å². The van der Waals surface area contributed by atoms with Crippen molar-refractivity contribution in [3.05, 3.63) is 83.8 Å². The van der Waals surface area contributed by atoms with Gasteiger partial charge in [-0.05, 0) is 48.7 Å². The number of nitrogens with one attached hydrogen (secondary N) is 1. The molecule has 0 aliphatic carbocycles. The van der Waals surface area contributed by atoms with Gasteiger partial charge in [-0.1, -0.05) is 30.3 Å². The quantitative estimate of drug-likeness (QED) is 0.718. The average molecular weight is 375 g/mol. The van der Waals surface area contributed by atoms with Crippen LogP contribution in [-0.4, -0.2) is 24.0 Å². The fraction of sp³-hybridized carbons (Fsp3) is 0.217. The molecule has 2 aromatic carbocycles.